The Hall–Kier alpha value is -3.56. The summed E-state index contributed by atoms with van der Waals surface area (Å²) in [5.74, 6) is -4.11. The maximum Gasteiger partial charge on any atom is 0.243 e. The number of unbranched alkanes of at least 4 members (excludes halogenated alkanes) is 5. The predicted molar refractivity (Wildman–Crippen MR) is 158 cm³/mol. The van der Waals surface area contributed by atoms with E-state index in [4.69, 9.17) is 17.2 Å². The Bertz CT molecular complexity index is 899. The van der Waals surface area contributed by atoms with Gasteiger partial charge in [0.2, 0.25) is 35.4 Å². The highest BCUT2D eigenvalue weighted by Gasteiger charge is 2.26. The largest absolute Gasteiger partial charge is 0.370 e. The molecular weight excluding hydrogens is 554 g/mol. The number of amides is 6. The first-order valence-electron chi connectivity index (χ1n) is 13.8. The lowest BCUT2D eigenvalue weighted by Gasteiger charge is -2.22. The van der Waals surface area contributed by atoms with Gasteiger partial charge in [-0.05, 0) is 19.3 Å². The third-order valence-electron chi connectivity index (χ3n) is 5.80. The zero-order chi connectivity index (χ0) is 31.2. The van der Waals surface area contributed by atoms with Crippen LogP contribution < -0.4 is 43.8 Å². The van der Waals surface area contributed by atoms with Crippen LogP contribution in [-0.4, -0.2) is 84.9 Å². The zero-order valence-corrected chi connectivity index (χ0v) is 24.9. The summed E-state index contributed by atoms with van der Waals surface area (Å²) in [5.41, 5.74) is 15.9. The average molecular weight is 602 g/mol. The van der Waals surface area contributed by atoms with Crippen LogP contribution in [-0.2, 0) is 28.8 Å². The van der Waals surface area contributed by atoms with Crippen LogP contribution in [0.1, 0.15) is 71.6 Å². The lowest BCUT2D eigenvalue weighted by atomic mass is 10.1. The first kappa shape index (κ1) is 37.4. The van der Waals surface area contributed by atoms with Gasteiger partial charge in [0, 0.05) is 25.8 Å². The van der Waals surface area contributed by atoms with E-state index in [-0.39, 0.29) is 31.1 Å². The number of carbonyl (C=O) groups is 6. The minimum Gasteiger partial charge on any atom is -0.370 e. The lowest BCUT2D eigenvalue weighted by Crippen LogP contribution is -2.55. The van der Waals surface area contributed by atoms with Gasteiger partial charge in [-0.25, -0.2) is 0 Å². The Labute approximate surface area is 246 Å². The van der Waals surface area contributed by atoms with Crippen LogP contribution >= 0.6 is 12.6 Å². The van der Waals surface area contributed by atoms with Gasteiger partial charge in [-0.15, -0.1) is 0 Å². The molecule has 0 heterocycles. The molecule has 0 aliphatic rings. The highest BCUT2D eigenvalue weighted by Crippen LogP contribution is 2.04. The number of hydrogen-bond acceptors (Lipinski definition) is 8. The minimum absolute atomic E-state index is 0.102. The van der Waals surface area contributed by atoms with Crippen LogP contribution in [0.4, 0.5) is 0 Å². The number of guanidine groups is 1. The molecule has 16 heteroatoms. The van der Waals surface area contributed by atoms with Gasteiger partial charge in [-0.2, -0.15) is 12.6 Å². The van der Waals surface area contributed by atoms with E-state index in [9.17, 15) is 28.8 Å². The number of hydrogen-bond donors (Lipinski definition) is 9. The summed E-state index contributed by atoms with van der Waals surface area (Å²) in [6, 6.07) is -3.35. The van der Waals surface area contributed by atoms with Gasteiger partial charge < -0.3 is 43.8 Å². The number of carbonyl (C=O) groups excluding carboxylic acids is 6. The Morgan fingerprint density at radius 1 is 0.756 bits per heavy atom. The number of nitrogens with two attached hydrogens (primary N) is 3. The highest BCUT2D eigenvalue weighted by atomic mass is 32.1. The molecule has 11 N–H and O–H groups in total. The van der Waals surface area contributed by atoms with Crippen molar-refractivity contribution in [3.8, 4) is 0 Å². The molecule has 0 spiro atoms. The molecule has 0 aliphatic heterocycles. The summed E-state index contributed by atoms with van der Waals surface area (Å²) in [6.45, 7) is 3.53. The molecular formula is C25H47N9O6S. The van der Waals surface area contributed by atoms with Crippen LogP contribution in [0.3, 0.4) is 0 Å². The molecule has 0 aromatic rings. The first-order chi connectivity index (χ1) is 19.4. The van der Waals surface area contributed by atoms with Gasteiger partial charge in [0.05, 0.1) is 13.0 Å². The number of aliphatic imine (C=N–C) groups is 1. The van der Waals surface area contributed by atoms with Gasteiger partial charge >= 0.3 is 0 Å². The van der Waals surface area contributed by atoms with E-state index in [2.05, 4.69) is 51.1 Å². The Kier molecular flexibility index (Phi) is 20.2. The molecule has 0 bridgehead atoms. The first-order valence-corrected chi connectivity index (χ1v) is 14.4. The molecule has 0 rings (SSSR count). The summed E-state index contributed by atoms with van der Waals surface area (Å²) < 4.78 is 0. The maximum absolute atomic E-state index is 12.7. The topological polar surface area (TPSA) is 253 Å². The van der Waals surface area contributed by atoms with Gasteiger partial charge in [0.1, 0.15) is 18.1 Å². The molecule has 0 saturated heterocycles. The van der Waals surface area contributed by atoms with E-state index in [0.29, 0.717) is 13.0 Å². The second kappa shape index (κ2) is 22.2. The zero-order valence-electron chi connectivity index (χ0n) is 24.0. The molecule has 0 radical (unpaired) electrons. The summed E-state index contributed by atoms with van der Waals surface area (Å²) in [4.78, 5) is 76.9. The van der Waals surface area contributed by atoms with Gasteiger partial charge in [-0.1, -0.05) is 39.0 Å². The molecule has 6 amide bonds. The number of rotatable bonds is 22. The van der Waals surface area contributed by atoms with Gasteiger partial charge in [0.15, 0.2) is 5.96 Å². The van der Waals surface area contributed by atoms with Crippen molar-refractivity contribution in [1.82, 2.24) is 26.6 Å². The lowest BCUT2D eigenvalue weighted by molar-refractivity contribution is -0.132. The van der Waals surface area contributed by atoms with Crippen molar-refractivity contribution in [2.45, 2.75) is 89.8 Å². The van der Waals surface area contributed by atoms with Gasteiger partial charge in [0.25, 0.3) is 0 Å². The maximum atomic E-state index is 12.7. The van der Waals surface area contributed by atoms with Crippen LogP contribution in [0.15, 0.2) is 4.99 Å². The Morgan fingerprint density at radius 2 is 1.41 bits per heavy atom. The quantitative estimate of drug-likeness (QED) is 0.0287. The molecule has 15 nitrogen and oxygen atoms in total. The van der Waals surface area contributed by atoms with Crippen molar-refractivity contribution >= 4 is 54.0 Å². The van der Waals surface area contributed by atoms with Crippen LogP contribution in [0.2, 0.25) is 0 Å². The predicted octanol–water partition coefficient (Wildman–Crippen LogP) is -2.09. The normalized spacial score (nSPS) is 12.7. The van der Waals surface area contributed by atoms with E-state index in [1.807, 2.05) is 0 Å². The van der Waals surface area contributed by atoms with Crippen LogP contribution in [0, 0.1) is 0 Å². The average Bonchev–Trinajstić information content (AvgIpc) is 2.90. The smallest absolute Gasteiger partial charge is 0.243 e. The number of nitrogens with one attached hydrogen (secondary N) is 5. The minimum atomic E-state index is -1.26. The number of nitrogens with zero attached hydrogens (tertiary/aromatic N) is 1. The van der Waals surface area contributed by atoms with Crippen molar-refractivity contribution in [3.05, 3.63) is 0 Å². The fourth-order valence-corrected chi connectivity index (χ4v) is 3.89. The fraction of sp³-hybridized carbons (Fsp3) is 0.720. The third-order valence-corrected chi connectivity index (χ3v) is 6.16. The molecule has 0 unspecified atom stereocenters. The number of thiol groups is 1. The van der Waals surface area contributed by atoms with Crippen molar-refractivity contribution in [1.29, 1.82) is 0 Å². The molecule has 0 aromatic heterocycles. The van der Waals surface area contributed by atoms with E-state index in [1.54, 1.807) is 0 Å². The summed E-state index contributed by atoms with van der Waals surface area (Å²) >= 11 is 4.08. The summed E-state index contributed by atoms with van der Waals surface area (Å²) in [7, 11) is 0. The number of primary amides is 1. The molecule has 0 aromatic carbocycles. The Morgan fingerprint density at radius 3 is 2.00 bits per heavy atom. The van der Waals surface area contributed by atoms with Crippen molar-refractivity contribution in [2.24, 2.45) is 22.2 Å². The summed E-state index contributed by atoms with van der Waals surface area (Å²) in [5, 5.41) is 12.4. The van der Waals surface area contributed by atoms with Gasteiger partial charge in [-0.3, -0.25) is 33.8 Å². The second-order valence-corrected chi connectivity index (χ2v) is 9.87. The standard InChI is InChI=1S/C25H47N9O6S/c1-3-4-5-6-7-8-11-29-20(36)13-18(22(26)38)33-21(37)14-31-23(39)19(15-41)34-24(40)17(32-16(2)35)10-9-12-30-25(27)28/h17-19,41H,3-15H2,1-2H3,(H2,26,38)(H,29,36)(H,31,39)(H,32,35)(H,33,37)(H,34,40)(H4,27,28,30)/t17-,18-,19-/m0/s1. The van der Waals surface area contributed by atoms with Crippen LogP contribution in [0.25, 0.3) is 0 Å². The van der Waals surface area contributed by atoms with Crippen LogP contribution in [0.5, 0.6) is 0 Å². The van der Waals surface area contributed by atoms with Crippen molar-refractivity contribution in [2.75, 3.05) is 25.4 Å². The molecule has 0 saturated carbocycles. The molecule has 41 heavy (non-hydrogen) atoms. The molecule has 3 atom stereocenters. The molecule has 0 fully saturated rings. The molecule has 234 valence electrons. The van der Waals surface area contributed by atoms with Crippen molar-refractivity contribution < 1.29 is 28.8 Å². The fourth-order valence-electron chi connectivity index (χ4n) is 3.63. The Balaban J connectivity index is 4.75. The van der Waals surface area contributed by atoms with E-state index < -0.39 is 60.1 Å². The highest BCUT2D eigenvalue weighted by molar-refractivity contribution is 7.80. The van der Waals surface area contributed by atoms with E-state index >= 15 is 0 Å². The summed E-state index contributed by atoms with van der Waals surface area (Å²) in [6.07, 6.45) is 6.60. The second-order valence-electron chi connectivity index (χ2n) is 9.51. The van der Waals surface area contributed by atoms with E-state index in [1.165, 1.54) is 13.3 Å². The SMILES string of the molecule is CCCCCCCCNC(=O)C[C@H](NC(=O)CNC(=O)[C@H](CS)NC(=O)[C@H](CCCN=C(N)N)NC(C)=O)C(N)=O. The monoisotopic (exact) mass is 601 g/mol. The third kappa shape index (κ3) is 19.2. The van der Waals surface area contributed by atoms with Crippen molar-refractivity contribution in [3.63, 3.8) is 0 Å². The molecule has 0 aliphatic carbocycles. The van der Waals surface area contributed by atoms with E-state index in [0.717, 1.165) is 32.1 Å².